The molecule has 1 N–H and O–H groups in total. The summed E-state index contributed by atoms with van der Waals surface area (Å²) in [6.07, 6.45) is 8.32. The van der Waals surface area contributed by atoms with Crippen LogP contribution in [0, 0.1) is 22.7 Å². The van der Waals surface area contributed by atoms with Gasteiger partial charge in [-0.1, -0.05) is 20.8 Å². The van der Waals surface area contributed by atoms with Crippen molar-refractivity contribution >= 4 is 17.1 Å². The molecule has 1 aliphatic heterocycles. The van der Waals surface area contributed by atoms with Crippen LogP contribution < -0.4 is 9.64 Å². The van der Waals surface area contributed by atoms with Crippen LogP contribution in [0.3, 0.4) is 0 Å². The molecule has 0 unspecified atom stereocenters. The zero-order valence-corrected chi connectivity index (χ0v) is 22.5. The van der Waals surface area contributed by atoms with E-state index < -0.39 is 5.60 Å². The Morgan fingerprint density at radius 2 is 2.00 bits per heavy atom. The first-order chi connectivity index (χ1) is 17.5. The summed E-state index contributed by atoms with van der Waals surface area (Å²) in [6, 6.07) is 8.05. The first-order valence-corrected chi connectivity index (χ1v) is 13.0. The van der Waals surface area contributed by atoms with Gasteiger partial charge in [0.25, 0.3) is 0 Å². The van der Waals surface area contributed by atoms with E-state index in [1.54, 1.807) is 30.8 Å². The first-order valence-electron chi connectivity index (χ1n) is 13.0. The Kier molecular flexibility index (Phi) is 7.56. The van der Waals surface area contributed by atoms with Crippen molar-refractivity contribution in [1.29, 1.82) is 5.26 Å². The molecule has 0 aliphatic carbocycles. The Labute approximate surface area is 218 Å². The van der Waals surface area contributed by atoms with Crippen molar-refractivity contribution in [2.75, 3.05) is 24.6 Å². The number of nitriles is 1. The molecule has 8 nitrogen and oxygen atoms in total. The van der Waals surface area contributed by atoms with Gasteiger partial charge in [0.05, 0.1) is 29.1 Å². The second-order valence-corrected chi connectivity index (χ2v) is 11.5. The number of ketones is 1. The Balaban J connectivity index is 1.53. The largest absolute Gasteiger partial charge is 0.489 e. The molecule has 0 aromatic carbocycles. The Morgan fingerprint density at radius 3 is 2.59 bits per heavy atom. The van der Waals surface area contributed by atoms with Gasteiger partial charge < -0.3 is 14.7 Å². The Bertz CT molecular complexity index is 1290. The predicted molar refractivity (Wildman–Crippen MR) is 144 cm³/mol. The van der Waals surface area contributed by atoms with Crippen LogP contribution in [-0.4, -0.2) is 50.8 Å². The van der Waals surface area contributed by atoms with Gasteiger partial charge in [-0.05, 0) is 57.2 Å². The van der Waals surface area contributed by atoms with Crippen molar-refractivity contribution in [3.8, 4) is 22.9 Å². The van der Waals surface area contributed by atoms with E-state index in [9.17, 15) is 15.2 Å². The Morgan fingerprint density at radius 1 is 1.27 bits per heavy atom. The summed E-state index contributed by atoms with van der Waals surface area (Å²) >= 11 is 0. The fourth-order valence-electron chi connectivity index (χ4n) is 4.70. The normalized spacial score (nSPS) is 15.7. The molecule has 1 saturated heterocycles. The van der Waals surface area contributed by atoms with Crippen LogP contribution in [0.5, 0.6) is 5.75 Å². The molecule has 0 bridgehead atoms. The lowest BCUT2D eigenvalue weighted by Crippen LogP contribution is -2.43. The molecule has 4 heterocycles. The number of fused-ring (bicyclic) bond motifs is 1. The molecule has 0 spiro atoms. The fourth-order valence-corrected chi connectivity index (χ4v) is 4.70. The van der Waals surface area contributed by atoms with Crippen molar-refractivity contribution in [3.05, 3.63) is 42.4 Å². The van der Waals surface area contributed by atoms with Crippen LogP contribution in [0.25, 0.3) is 16.6 Å². The number of nitrogens with zero attached hydrogens (tertiary/aromatic N) is 5. The van der Waals surface area contributed by atoms with E-state index in [1.807, 2.05) is 18.2 Å². The Hall–Kier alpha value is -3.44. The standard InChI is InChI=1S/C29H37N5O3/c1-20(2)6-8-25(35)29(5)10-12-33(13-11-29)26-9-7-21(16-31-26)24-14-23(37-19-28(3,4)36)18-34-27(24)22(15-30)17-32-34/h7,9,14,16-18,20,36H,6,8,10-13,19H2,1-5H3. The molecular weight excluding hydrogens is 466 g/mol. The maximum Gasteiger partial charge on any atom is 0.138 e. The number of Topliss-reactive ketones (excluding diaryl/α,β-unsaturated/α-hetero) is 1. The maximum atomic E-state index is 12.8. The molecule has 0 saturated carbocycles. The van der Waals surface area contributed by atoms with Gasteiger partial charge in [0.2, 0.25) is 0 Å². The molecule has 0 radical (unpaired) electrons. The number of hydrogen-bond donors (Lipinski definition) is 1. The molecule has 3 aromatic heterocycles. The van der Waals surface area contributed by atoms with Crippen LogP contribution in [0.4, 0.5) is 5.82 Å². The van der Waals surface area contributed by atoms with Crippen molar-refractivity contribution < 1.29 is 14.6 Å². The SMILES string of the molecule is CC(C)CCC(=O)C1(C)CCN(c2ccc(-c3cc(OCC(C)(C)O)cn4ncc(C#N)c34)cn2)CC1. The van der Waals surface area contributed by atoms with Gasteiger partial charge in [0.15, 0.2) is 0 Å². The number of ether oxygens (including phenoxy) is 1. The van der Waals surface area contributed by atoms with E-state index in [-0.39, 0.29) is 12.0 Å². The average Bonchev–Trinajstić information content (AvgIpc) is 3.29. The molecule has 0 amide bonds. The summed E-state index contributed by atoms with van der Waals surface area (Å²) in [4.78, 5) is 19.8. The molecular formula is C29H37N5O3. The molecule has 196 valence electrons. The lowest BCUT2D eigenvalue weighted by atomic mass is 9.75. The van der Waals surface area contributed by atoms with Crippen molar-refractivity contribution in [2.24, 2.45) is 11.3 Å². The van der Waals surface area contributed by atoms with Gasteiger partial charge in [-0.2, -0.15) is 10.4 Å². The minimum atomic E-state index is -0.982. The number of hydrogen-bond acceptors (Lipinski definition) is 7. The lowest BCUT2D eigenvalue weighted by molar-refractivity contribution is -0.129. The van der Waals surface area contributed by atoms with Crippen LogP contribution >= 0.6 is 0 Å². The number of carbonyl (C=O) groups excluding carboxylic acids is 1. The monoisotopic (exact) mass is 503 g/mol. The summed E-state index contributed by atoms with van der Waals surface area (Å²) in [5, 5.41) is 24.0. The molecule has 4 rings (SSSR count). The van der Waals surface area contributed by atoms with Gasteiger partial charge in [-0.3, -0.25) is 4.79 Å². The van der Waals surface area contributed by atoms with Crippen molar-refractivity contribution in [2.45, 2.75) is 65.9 Å². The van der Waals surface area contributed by atoms with E-state index in [0.717, 1.165) is 49.3 Å². The molecule has 3 aromatic rings. The fraction of sp³-hybridized carbons (Fsp3) is 0.517. The van der Waals surface area contributed by atoms with Crippen molar-refractivity contribution in [1.82, 2.24) is 14.6 Å². The number of carbonyl (C=O) groups is 1. The zero-order chi connectivity index (χ0) is 26.8. The van der Waals surface area contributed by atoms with Crippen molar-refractivity contribution in [3.63, 3.8) is 0 Å². The topological polar surface area (TPSA) is 104 Å². The second kappa shape index (κ2) is 10.5. The molecule has 1 aliphatic rings. The molecule has 37 heavy (non-hydrogen) atoms. The highest BCUT2D eigenvalue weighted by molar-refractivity contribution is 5.86. The van der Waals surface area contributed by atoms with Gasteiger partial charge in [0.1, 0.15) is 30.0 Å². The van der Waals surface area contributed by atoms with Gasteiger partial charge in [-0.25, -0.2) is 9.50 Å². The summed E-state index contributed by atoms with van der Waals surface area (Å²) < 4.78 is 7.45. The molecule has 0 atom stereocenters. The van der Waals surface area contributed by atoms with E-state index in [0.29, 0.717) is 35.0 Å². The highest BCUT2D eigenvalue weighted by Gasteiger charge is 2.36. The van der Waals surface area contributed by atoms with Crippen LogP contribution in [0.15, 0.2) is 36.8 Å². The van der Waals surface area contributed by atoms with Gasteiger partial charge >= 0.3 is 0 Å². The van der Waals surface area contributed by atoms with Crippen LogP contribution in [0.1, 0.15) is 65.9 Å². The minimum absolute atomic E-state index is 0.120. The highest BCUT2D eigenvalue weighted by Crippen LogP contribution is 2.36. The highest BCUT2D eigenvalue weighted by atomic mass is 16.5. The third kappa shape index (κ3) is 6.11. The summed E-state index contributed by atoms with van der Waals surface area (Å²) in [6.45, 7) is 11.5. The van der Waals surface area contributed by atoms with E-state index in [2.05, 4.69) is 36.8 Å². The summed E-state index contributed by atoms with van der Waals surface area (Å²) in [5.74, 6) is 2.34. The van der Waals surface area contributed by atoms with Gasteiger partial charge in [0, 0.05) is 42.2 Å². The number of aliphatic hydroxyl groups is 1. The summed E-state index contributed by atoms with van der Waals surface area (Å²) in [5.41, 5.74) is 1.53. The molecule has 1 fully saturated rings. The maximum absolute atomic E-state index is 12.8. The van der Waals surface area contributed by atoms with E-state index in [1.165, 1.54) is 6.20 Å². The predicted octanol–water partition coefficient (Wildman–Crippen LogP) is 5.03. The number of rotatable bonds is 9. The number of piperidine rings is 1. The van der Waals surface area contributed by atoms with Gasteiger partial charge in [-0.15, -0.1) is 0 Å². The average molecular weight is 504 g/mol. The third-order valence-electron chi connectivity index (χ3n) is 7.17. The van der Waals surface area contributed by atoms with E-state index in [4.69, 9.17) is 9.72 Å². The minimum Gasteiger partial charge on any atom is -0.489 e. The van der Waals surface area contributed by atoms with E-state index >= 15 is 0 Å². The summed E-state index contributed by atoms with van der Waals surface area (Å²) in [7, 11) is 0. The number of aromatic nitrogens is 3. The third-order valence-corrected chi connectivity index (χ3v) is 7.17. The zero-order valence-electron chi connectivity index (χ0n) is 22.5. The van der Waals surface area contributed by atoms with Crippen LogP contribution in [-0.2, 0) is 4.79 Å². The smallest absolute Gasteiger partial charge is 0.138 e. The molecule has 8 heteroatoms. The quantitative estimate of drug-likeness (QED) is 0.437. The first kappa shape index (κ1) is 26.6. The number of anilines is 1. The lowest BCUT2D eigenvalue weighted by Gasteiger charge is -2.39. The number of pyridine rings is 2. The second-order valence-electron chi connectivity index (χ2n) is 11.5. The van der Waals surface area contributed by atoms with Crippen LogP contribution in [0.2, 0.25) is 0 Å².